The first-order valence-electron chi connectivity index (χ1n) is 11.2. The van der Waals surface area contributed by atoms with Gasteiger partial charge in [0.1, 0.15) is 0 Å². The number of benzene rings is 2. The fourth-order valence-electron chi connectivity index (χ4n) is 3.67. The van der Waals surface area contributed by atoms with Gasteiger partial charge in [-0.1, -0.05) is 54.6 Å². The Kier molecular flexibility index (Phi) is 9.69. The van der Waals surface area contributed by atoms with Crippen LogP contribution in [0.5, 0.6) is 0 Å². The summed E-state index contributed by atoms with van der Waals surface area (Å²) >= 11 is 0. The van der Waals surface area contributed by atoms with E-state index in [1.165, 1.54) is 16.3 Å². The second-order valence-electron chi connectivity index (χ2n) is 9.34. The Balaban J connectivity index is 2.06. The molecule has 0 heterocycles. The summed E-state index contributed by atoms with van der Waals surface area (Å²) in [6.45, 7) is 6.27. The number of nitrogens with one attached hydrogen (secondary N) is 1. The number of fused-ring (bicyclic) bond motifs is 1. The summed E-state index contributed by atoms with van der Waals surface area (Å²) in [7, 11) is 5.87. The van der Waals surface area contributed by atoms with Crippen LogP contribution < -0.4 is 11.1 Å². The molecule has 0 radical (unpaired) electrons. The van der Waals surface area contributed by atoms with Gasteiger partial charge >= 0.3 is 0 Å². The zero-order chi connectivity index (χ0) is 22.9. The molecule has 5 heteroatoms. The van der Waals surface area contributed by atoms with E-state index in [0.717, 1.165) is 32.4 Å². The Hall–Kier alpha value is -2.21. The maximum atomic E-state index is 11.7. The van der Waals surface area contributed by atoms with Gasteiger partial charge in [0.15, 0.2) is 0 Å². The molecule has 0 aliphatic heterocycles. The summed E-state index contributed by atoms with van der Waals surface area (Å²) in [5.41, 5.74) is 7.25. The van der Waals surface area contributed by atoms with E-state index in [4.69, 9.17) is 5.73 Å². The van der Waals surface area contributed by atoms with E-state index in [1.807, 2.05) is 20.9 Å². The first kappa shape index (κ1) is 25.1. The molecule has 0 fully saturated rings. The molecule has 2 rings (SSSR count). The normalized spacial score (nSPS) is 13.4. The minimum atomic E-state index is -0.178. The van der Waals surface area contributed by atoms with Crippen LogP contribution >= 0.6 is 0 Å². The fraction of sp³-hybridized carbons (Fsp3) is 0.500. The molecule has 0 aliphatic rings. The number of likely N-dealkylation sites (N-methyl/N-ethyl adjacent to an activating group) is 3. The zero-order valence-corrected chi connectivity index (χ0v) is 19.9. The number of amides is 1. The van der Waals surface area contributed by atoms with Gasteiger partial charge < -0.3 is 11.1 Å². The average Bonchev–Trinajstić information content (AvgIpc) is 2.73. The van der Waals surface area contributed by atoms with Crippen molar-refractivity contribution in [2.45, 2.75) is 44.7 Å². The third kappa shape index (κ3) is 9.21. The lowest BCUT2D eigenvalue weighted by Crippen LogP contribution is -2.39. The highest BCUT2D eigenvalue weighted by atomic mass is 16.1. The van der Waals surface area contributed by atoms with Crippen LogP contribution in [-0.4, -0.2) is 68.1 Å². The molecule has 3 N–H and O–H groups in total. The van der Waals surface area contributed by atoms with Crippen molar-refractivity contribution in [2.24, 2.45) is 5.73 Å². The van der Waals surface area contributed by atoms with Gasteiger partial charge in [-0.05, 0) is 70.1 Å². The third-order valence-corrected chi connectivity index (χ3v) is 5.65. The van der Waals surface area contributed by atoms with E-state index in [0.29, 0.717) is 12.6 Å². The Labute approximate surface area is 188 Å². The van der Waals surface area contributed by atoms with Gasteiger partial charge in [-0.3, -0.25) is 14.6 Å². The fourth-order valence-corrected chi connectivity index (χ4v) is 3.67. The van der Waals surface area contributed by atoms with Gasteiger partial charge in [0.2, 0.25) is 5.91 Å². The van der Waals surface area contributed by atoms with Gasteiger partial charge in [-0.25, -0.2) is 0 Å². The molecule has 31 heavy (non-hydrogen) atoms. The molecule has 0 bridgehead atoms. The molecule has 2 aromatic carbocycles. The number of hydrogen-bond acceptors (Lipinski definition) is 4. The monoisotopic (exact) mass is 424 g/mol. The topological polar surface area (TPSA) is 61.6 Å². The largest absolute Gasteiger partial charge is 0.358 e. The van der Waals surface area contributed by atoms with Crippen molar-refractivity contribution in [3.8, 4) is 0 Å². The first-order valence-corrected chi connectivity index (χ1v) is 11.2. The summed E-state index contributed by atoms with van der Waals surface area (Å²) in [5, 5.41) is 5.25. The molecule has 0 saturated heterocycles. The minimum absolute atomic E-state index is 0.0502. The number of hydrogen-bond donors (Lipinski definition) is 2. The van der Waals surface area contributed by atoms with Crippen molar-refractivity contribution in [1.29, 1.82) is 0 Å². The summed E-state index contributed by atoms with van der Waals surface area (Å²) in [6.07, 6.45) is 7.24. The lowest BCUT2D eigenvalue weighted by atomic mass is 9.98. The van der Waals surface area contributed by atoms with Gasteiger partial charge in [0.05, 0.1) is 6.54 Å². The summed E-state index contributed by atoms with van der Waals surface area (Å²) < 4.78 is 0. The van der Waals surface area contributed by atoms with E-state index < -0.39 is 0 Å². The maximum Gasteiger partial charge on any atom is 0.233 e. The number of rotatable bonds is 12. The zero-order valence-electron chi connectivity index (χ0n) is 19.9. The quantitative estimate of drug-likeness (QED) is 0.513. The molecule has 5 nitrogen and oxygen atoms in total. The number of nitrogens with zero attached hydrogens (tertiary/aromatic N) is 2. The van der Waals surface area contributed by atoms with Crippen LogP contribution in [-0.2, 0) is 11.2 Å². The summed E-state index contributed by atoms with van der Waals surface area (Å²) in [4.78, 5) is 16.2. The predicted octanol–water partition coefficient (Wildman–Crippen LogP) is 3.43. The molecule has 170 valence electrons. The van der Waals surface area contributed by atoms with E-state index in [9.17, 15) is 4.79 Å². The number of carbonyl (C=O) groups excluding carboxylic acids is 1. The lowest BCUT2D eigenvalue weighted by Gasteiger charge is -2.29. The van der Waals surface area contributed by atoms with Crippen LogP contribution in [0, 0.1) is 0 Å². The maximum absolute atomic E-state index is 11.7. The van der Waals surface area contributed by atoms with Crippen molar-refractivity contribution in [3.05, 3.63) is 60.2 Å². The average molecular weight is 425 g/mol. The molecule has 0 aliphatic carbocycles. The predicted molar refractivity (Wildman–Crippen MR) is 132 cm³/mol. The van der Waals surface area contributed by atoms with Crippen LogP contribution in [0.15, 0.2) is 54.6 Å². The Morgan fingerprint density at radius 2 is 1.84 bits per heavy atom. The summed E-state index contributed by atoms with van der Waals surface area (Å²) in [6, 6.07) is 15.6. The Bertz CT molecular complexity index is 856. The van der Waals surface area contributed by atoms with Crippen molar-refractivity contribution >= 4 is 16.7 Å². The van der Waals surface area contributed by atoms with Crippen LogP contribution in [0.4, 0.5) is 0 Å². The smallest absolute Gasteiger partial charge is 0.233 e. The molecule has 0 saturated carbocycles. The molecular weight excluding hydrogens is 384 g/mol. The van der Waals surface area contributed by atoms with Crippen molar-refractivity contribution in [2.75, 3.05) is 40.8 Å². The SMILES string of the molecule is CNC(=O)CN(C)CC[C@@H](Cc1ccc2ccccc2c1)N(C)C/C=C/CC(C)(C)N. The van der Waals surface area contributed by atoms with E-state index in [1.54, 1.807) is 7.05 Å². The molecule has 1 amide bonds. The van der Waals surface area contributed by atoms with Crippen LogP contribution in [0.2, 0.25) is 0 Å². The molecular formula is C26H40N4O. The highest BCUT2D eigenvalue weighted by Gasteiger charge is 2.17. The minimum Gasteiger partial charge on any atom is -0.358 e. The molecule has 2 aromatic rings. The van der Waals surface area contributed by atoms with E-state index in [2.05, 4.69) is 76.8 Å². The number of nitrogens with two attached hydrogens (primary N) is 1. The van der Waals surface area contributed by atoms with Gasteiger partial charge in [-0.15, -0.1) is 0 Å². The van der Waals surface area contributed by atoms with Gasteiger partial charge in [0, 0.05) is 25.2 Å². The highest BCUT2D eigenvalue weighted by Crippen LogP contribution is 2.19. The molecule has 0 unspecified atom stereocenters. The molecule has 1 atom stereocenters. The van der Waals surface area contributed by atoms with Crippen molar-refractivity contribution in [1.82, 2.24) is 15.1 Å². The second-order valence-corrected chi connectivity index (χ2v) is 9.34. The van der Waals surface area contributed by atoms with Crippen LogP contribution in [0.3, 0.4) is 0 Å². The molecule has 0 spiro atoms. The Morgan fingerprint density at radius 3 is 2.52 bits per heavy atom. The van der Waals surface area contributed by atoms with Crippen LogP contribution in [0.1, 0.15) is 32.3 Å². The first-order chi connectivity index (χ1) is 14.7. The summed E-state index contributed by atoms with van der Waals surface area (Å²) in [5.74, 6) is 0.0502. The van der Waals surface area contributed by atoms with E-state index in [-0.39, 0.29) is 11.4 Å². The van der Waals surface area contributed by atoms with Gasteiger partial charge in [-0.2, -0.15) is 0 Å². The van der Waals surface area contributed by atoms with Crippen molar-refractivity contribution < 1.29 is 4.79 Å². The standard InChI is InChI=1S/C26H40N4O/c1-26(2,27)15-8-9-16-30(5)24(14-17-29(4)20-25(31)28-3)19-21-12-13-22-10-6-7-11-23(22)18-21/h6-13,18,24H,14-17,19-20,27H2,1-5H3,(H,28,31)/b9-8+/t24-/m0/s1. The number of carbonyl (C=O) groups is 1. The van der Waals surface area contributed by atoms with E-state index >= 15 is 0 Å². The highest BCUT2D eigenvalue weighted by molar-refractivity contribution is 5.83. The van der Waals surface area contributed by atoms with Crippen molar-refractivity contribution in [3.63, 3.8) is 0 Å². The molecule has 0 aromatic heterocycles. The second kappa shape index (κ2) is 12.0. The van der Waals surface area contributed by atoms with Crippen LogP contribution in [0.25, 0.3) is 10.8 Å². The third-order valence-electron chi connectivity index (χ3n) is 5.65. The Morgan fingerprint density at radius 1 is 1.13 bits per heavy atom. The van der Waals surface area contributed by atoms with Gasteiger partial charge in [0.25, 0.3) is 0 Å². The lowest BCUT2D eigenvalue weighted by molar-refractivity contribution is -0.121.